The molecule has 0 bridgehead atoms. The molecule has 2 saturated heterocycles. The lowest BCUT2D eigenvalue weighted by molar-refractivity contribution is 0.0136. The summed E-state index contributed by atoms with van der Waals surface area (Å²) in [7, 11) is 0. The van der Waals surface area contributed by atoms with E-state index in [4.69, 9.17) is 9.47 Å². The highest BCUT2D eigenvalue weighted by atomic mass is 16.7. The van der Waals surface area contributed by atoms with E-state index in [0.717, 1.165) is 13.1 Å². The molecule has 2 aliphatic heterocycles. The molecule has 0 spiro atoms. The molecule has 3 unspecified atom stereocenters. The predicted molar refractivity (Wildman–Crippen MR) is 41.3 cm³/mol. The van der Waals surface area contributed by atoms with Crippen LogP contribution >= 0.6 is 0 Å². The quantitative estimate of drug-likeness (QED) is 0.562. The van der Waals surface area contributed by atoms with Crippen LogP contribution in [-0.2, 0) is 14.3 Å². The molecule has 2 aliphatic rings. The van der Waals surface area contributed by atoms with Gasteiger partial charge in [0.05, 0.1) is 6.04 Å². The highest BCUT2D eigenvalue weighted by Crippen LogP contribution is 2.22. The van der Waals surface area contributed by atoms with Crippen molar-refractivity contribution >= 4 is 6.29 Å². The van der Waals surface area contributed by atoms with Crippen LogP contribution in [0.1, 0.15) is 6.92 Å². The van der Waals surface area contributed by atoms with Crippen LogP contribution in [0.3, 0.4) is 0 Å². The molecule has 12 heavy (non-hydrogen) atoms. The number of rotatable bonds is 2. The van der Waals surface area contributed by atoms with Gasteiger partial charge in [-0.05, 0) is 6.92 Å². The second-order valence-electron chi connectivity index (χ2n) is 3.28. The minimum Gasteiger partial charge on any atom is -0.348 e. The Balaban J connectivity index is 1.94. The second kappa shape index (κ2) is 3.12. The van der Waals surface area contributed by atoms with E-state index in [0.29, 0.717) is 6.79 Å². The summed E-state index contributed by atoms with van der Waals surface area (Å²) in [6.07, 6.45) is 2.30. The lowest BCUT2D eigenvalue weighted by atomic mass is 10.3. The first-order valence-electron chi connectivity index (χ1n) is 4.16. The topological polar surface area (TPSA) is 38.8 Å². The molecule has 1 radical (unpaired) electrons. The zero-order valence-corrected chi connectivity index (χ0v) is 7.03. The fourth-order valence-electron chi connectivity index (χ4n) is 1.70. The molecule has 0 aromatic heterocycles. The first-order chi connectivity index (χ1) is 5.81. The number of carbonyl (C=O) groups excluding carboxylic acids is 1. The monoisotopic (exact) mass is 170 g/mol. The predicted octanol–water partition coefficient (Wildman–Crippen LogP) is -0.458. The normalized spacial score (nSPS) is 38.1. The SMILES string of the molecule is CC([C]=O)N1CC2OCOC2C1. The third-order valence-electron chi connectivity index (χ3n) is 2.53. The molecular formula is C8H12NO3. The van der Waals surface area contributed by atoms with Crippen molar-refractivity contribution in [1.29, 1.82) is 0 Å². The van der Waals surface area contributed by atoms with Crippen LogP contribution in [0.4, 0.5) is 0 Å². The van der Waals surface area contributed by atoms with Gasteiger partial charge >= 0.3 is 0 Å². The third kappa shape index (κ3) is 1.26. The molecule has 0 N–H and O–H groups in total. The maximum atomic E-state index is 10.4. The maximum absolute atomic E-state index is 10.4. The molecule has 2 fully saturated rings. The maximum Gasteiger partial charge on any atom is 0.216 e. The van der Waals surface area contributed by atoms with E-state index in [1.807, 2.05) is 18.1 Å². The lowest BCUT2D eigenvalue weighted by Crippen LogP contribution is -2.33. The van der Waals surface area contributed by atoms with Gasteiger partial charge in [-0.2, -0.15) is 0 Å². The van der Waals surface area contributed by atoms with Gasteiger partial charge in [-0.3, -0.25) is 9.69 Å². The van der Waals surface area contributed by atoms with Gasteiger partial charge in [-0.15, -0.1) is 0 Å². The second-order valence-corrected chi connectivity index (χ2v) is 3.28. The van der Waals surface area contributed by atoms with Gasteiger partial charge in [0, 0.05) is 13.1 Å². The Hall–Kier alpha value is -0.450. The molecule has 3 atom stereocenters. The Morgan fingerprint density at radius 1 is 1.42 bits per heavy atom. The molecular weight excluding hydrogens is 158 g/mol. The van der Waals surface area contributed by atoms with Crippen molar-refractivity contribution in [2.24, 2.45) is 0 Å². The van der Waals surface area contributed by atoms with E-state index in [9.17, 15) is 4.79 Å². The Labute approximate surface area is 71.4 Å². The summed E-state index contributed by atoms with van der Waals surface area (Å²) < 4.78 is 10.6. The highest BCUT2D eigenvalue weighted by molar-refractivity contribution is 5.57. The zero-order chi connectivity index (χ0) is 8.55. The van der Waals surface area contributed by atoms with E-state index < -0.39 is 0 Å². The molecule has 0 aromatic carbocycles. The largest absolute Gasteiger partial charge is 0.348 e. The standard InChI is InChI=1S/C8H12NO3/c1-6(4-10)9-2-7-8(3-9)12-5-11-7/h6-8H,2-3,5H2,1H3. The lowest BCUT2D eigenvalue weighted by Gasteiger charge is -2.18. The summed E-state index contributed by atoms with van der Waals surface area (Å²) in [6.45, 7) is 3.83. The summed E-state index contributed by atoms with van der Waals surface area (Å²) >= 11 is 0. The van der Waals surface area contributed by atoms with E-state index >= 15 is 0 Å². The summed E-state index contributed by atoms with van der Waals surface area (Å²) in [5.74, 6) is 0. The van der Waals surface area contributed by atoms with Crippen LogP contribution in [0, 0.1) is 0 Å². The van der Waals surface area contributed by atoms with E-state index in [1.165, 1.54) is 0 Å². The summed E-state index contributed by atoms with van der Waals surface area (Å²) in [5.41, 5.74) is 0. The van der Waals surface area contributed by atoms with Gasteiger partial charge < -0.3 is 9.47 Å². The van der Waals surface area contributed by atoms with Crippen molar-refractivity contribution < 1.29 is 14.3 Å². The van der Waals surface area contributed by atoms with Gasteiger partial charge in [0.15, 0.2) is 0 Å². The van der Waals surface area contributed by atoms with Crippen LogP contribution in [0.2, 0.25) is 0 Å². The summed E-state index contributed by atoms with van der Waals surface area (Å²) in [6, 6.07) is -0.136. The summed E-state index contributed by atoms with van der Waals surface area (Å²) in [5, 5.41) is 0. The molecule has 0 amide bonds. The number of likely N-dealkylation sites (tertiary alicyclic amines) is 1. The highest BCUT2D eigenvalue weighted by Gasteiger charge is 2.39. The molecule has 0 saturated carbocycles. The molecule has 0 aromatic rings. The molecule has 2 rings (SSSR count). The number of fused-ring (bicyclic) bond motifs is 1. The van der Waals surface area contributed by atoms with Crippen molar-refractivity contribution in [3.05, 3.63) is 0 Å². The molecule has 4 nitrogen and oxygen atoms in total. The van der Waals surface area contributed by atoms with Crippen LogP contribution in [-0.4, -0.2) is 49.3 Å². The van der Waals surface area contributed by atoms with E-state index in [2.05, 4.69) is 0 Å². The average Bonchev–Trinajstić information content (AvgIpc) is 2.60. The van der Waals surface area contributed by atoms with Crippen molar-refractivity contribution in [1.82, 2.24) is 4.90 Å². The minimum atomic E-state index is -0.136. The van der Waals surface area contributed by atoms with Gasteiger partial charge in [0.2, 0.25) is 6.29 Å². The number of ether oxygens (including phenoxy) is 2. The van der Waals surface area contributed by atoms with Crippen molar-refractivity contribution in [3.63, 3.8) is 0 Å². The van der Waals surface area contributed by atoms with E-state index in [1.54, 1.807) is 0 Å². The first kappa shape index (κ1) is 8.16. The van der Waals surface area contributed by atoms with Gasteiger partial charge in [-0.1, -0.05) is 0 Å². The first-order valence-corrected chi connectivity index (χ1v) is 4.16. The fourth-order valence-corrected chi connectivity index (χ4v) is 1.70. The van der Waals surface area contributed by atoms with Gasteiger partial charge in [-0.25, -0.2) is 0 Å². The Bertz CT molecular complexity index is 173. The van der Waals surface area contributed by atoms with Crippen molar-refractivity contribution in [2.45, 2.75) is 25.2 Å². The van der Waals surface area contributed by atoms with Gasteiger partial charge in [0.25, 0.3) is 0 Å². The molecule has 4 heteroatoms. The van der Waals surface area contributed by atoms with Crippen LogP contribution in [0.5, 0.6) is 0 Å². The minimum absolute atomic E-state index is 0.136. The van der Waals surface area contributed by atoms with Crippen LogP contribution in [0.25, 0.3) is 0 Å². The molecule has 0 aliphatic carbocycles. The Morgan fingerprint density at radius 3 is 2.50 bits per heavy atom. The van der Waals surface area contributed by atoms with Crippen molar-refractivity contribution in [2.75, 3.05) is 19.9 Å². The third-order valence-corrected chi connectivity index (χ3v) is 2.53. The van der Waals surface area contributed by atoms with Crippen molar-refractivity contribution in [3.8, 4) is 0 Å². The number of hydrogen-bond donors (Lipinski definition) is 0. The zero-order valence-electron chi connectivity index (χ0n) is 7.03. The number of nitrogens with zero attached hydrogens (tertiary/aromatic N) is 1. The Morgan fingerprint density at radius 2 is 2.00 bits per heavy atom. The smallest absolute Gasteiger partial charge is 0.216 e. The Kier molecular flexibility index (Phi) is 2.12. The van der Waals surface area contributed by atoms with E-state index in [-0.39, 0.29) is 18.2 Å². The summed E-state index contributed by atoms with van der Waals surface area (Å²) in [4.78, 5) is 12.4. The van der Waals surface area contributed by atoms with Crippen LogP contribution in [0.15, 0.2) is 0 Å². The molecule has 67 valence electrons. The van der Waals surface area contributed by atoms with Gasteiger partial charge in [0.1, 0.15) is 19.0 Å². The average molecular weight is 170 g/mol. The van der Waals surface area contributed by atoms with Crippen LogP contribution < -0.4 is 0 Å². The molecule has 2 heterocycles. The fraction of sp³-hybridized carbons (Fsp3) is 0.875. The number of hydrogen-bond acceptors (Lipinski definition) is 4.